The van der Waals surface area contributed by atoms with Crippen LogP contribution >= 0.6 is 11.5 Å². The molecule has 2 rings (SSSR count). The van der Waals surface area contributed by atoms with Gasteiger partial charge < -0.3 is 5.11 Å². The smallest absolute Gasteiger partial charge is 0.147 e. The fourth-order valence-corrected chi connectivity index (χ4v) is 1.53. The van der Waals surface area contributed by atoms with Crippen LogP contribution in [0.25, 0.3) is 0 Å². The second kappa shape index (κ2) is 3.77. The fourth-order valence-electron chi connectivity index (χ4n) is 1.06. The van der Waals surface area contributed by atoms with Gasteiger partial charge in [-0.25, -0.2) is 4.39 Å². The Hall–Kier alpha value is -1.40. The summed E-state index contributed by atoms with van der Waals surface area (Å²) < 4.78 is 16.8. The summed E-state index contributed by atoms with van der Waals surface area (Å²) in [5.74, 6) is -0.548. The van der Waals surface area contributed by atoms with Crippen molar-refractivity contribution in [1.82, 2.24) is 14.6 Å². The van der Waals surface area contributed by atoms with Crippen LogP contribution in [0, 0.1) is 5.82 Å². The first-order chi connectivity index (χ1) is 6.79. The summed E-state index contributed by atoms with van der Waals surface area (Å²) in [6.45, 7) is 0. The molecular formula is C8H6FN3OS. The lowest BCUT2D eigenvalue weighted by Crippen LogP contribution is -2.03. The van der Waals surface area contributed by atoms with Crippen LogP contribution in [0.2, 0.25) is 0 Å². The van der Waals surface area contributed by atoms with E-state index in [-0.39, 0.29) is 5.56 Å². The molecule has 2 aromatic rings. The molecule has 0 saturated carbocycles. The highest BCUT2D eigenvalue weighted by molar-refractivity contribution is 7.03. The number of aliphatic hydroxyl groups is 1. The van der Waals surface area contributed by atoms with Crippen LogP contribution < -0.4 is 0 Å². The Kier molecular flexibility index (Phi) is 2.47. The van der Waals surface area contributed by atoms with E-state index in [1.807, 2.05) is 0 Å². The molecule has 2 aromatic heterocycles. The lowest BCUT2D eigenvalue weighted by Gasteiger charge is -2.07. The highest BCUT2D eigenvalue weighted by Crippen LogP contribution is 2.22. The van der Waals surface area contributed by atoms with Crippen molar-refractivity contribution < 1.29 is 9.50 Å². The third-order valence-corrected chi connectivity index (χ3v) is 2.28. The Morgan fingerprint density at radius 2 is 2.36 bits per heavy atom. The topological polar surface area (TPSA) is 58.9 Å². The third-order valence-electron chi connectivity index (χ3n) is 1.76. The summed E-state index contributed by atoms with van der Waals surface area (Å²) >= 11 is 1.11. The largest absolute Gasteiger partial charge is 0.382 e. The van der Waals surface area contributed by atoms with Crippen molar-refractivity contribution in [1.29, 1.82) is 0 Å². The SMILES string of the molecule is OC(c1csnn1)c1ccncc1F. The van der Waals surface area contributed by atoms with Gasteiger partial charge in [-0.2, -0.15) is 0 Å². The van der Waals surface area contributed by atoms with E-state index in [0.29, 0.717) is 5.69 Å². The minimum Gasteiger partial charge on any atom is -0.382 e. The van der Waals surface area contributed by atoms with E-state index in [4.69, 9.17) is 0 Å². The standard InChI is InChI=1S/C8H6FN3OS/c9-6-3-10-2-1-5(6)8(13)7-4-14-12-11-7/h1-4,8,13H. The summed E-state index contributed by atoms with van der Waals surface area (Å²) in [7, 11) is 0. The molecule has 72 valence electrons. The number of aliphatic hydroxyl groups excluding tert-OH is 1. The molecular weight excluding hydrogens is 205 g/mol. The van der Waals surface area contributed by atoms with Crippen molar-refractivity contribution >= 4 is 11.5 Å². The van der Waals surface area contributed by atoms with E-state index in [0.717, 1.165) is 17.7 Å². The maximum atomic E-state index is 13.2. The average molecular weight is 211 g/mol. The third kappa shape index (κ3) is 1.61. The van der Waals surface area contributed by atoms with Crippen molar-refractivity contribution in [3.8, 4) is 0 Å². The molecule has 4 nitrogen and oxygen atoms in total. The monoisotopic (exact) mass is 211 g/mol. The molecule has 6 heteroatoms. The maximum Gasteiger partial charge on any atom is 0.147 e. The highest BCUT2D eigenvalue weighted by Gasteiger charge is 2.16. The van der Waals surface area contributed by atoms with Gasteiger partial charge in [0.25, 0.3) is 0 Å². The van der Waals surface area contributed by atoms with Gasteiger partial charge in [0.05, 0.1) is 6.20 Å². The van der Waals surface area contributed by atoms with E-state index >= 15 is 0 Å². The summed E-state index contributed by atoms with van der Waals surface area (Å²) in [4.78, 5) is 3.59. The number of hydrogen-bond acceptors (Lipinski definition) is 5. The van der Waals surface area contributed by atoms with Gasteiger partial charge in [0.2, 0.25) is 0 Å². The number of aromatic nitrogens is 3. The minimum absolute atomic E-state index is 0.160. The molecule has 0 aliphatic rings. The zero-order valence-corrected chi connectivity index (χ0v) is 7.78. The molecule has 14 heavy (non-hydrogen) atoms. The molecule has 1 N–H and O–H groups in total. The van der Waals surface area contributed by atoms with Crippen molar-refractivity contribution in [3.05, 3.63) is 40.9 Å². The first kappa shape index (κ1) is 9.17. The first-order valence-corrected chi connectivity index (χ1v) is 4.67. The zero-order chi connectivity index (χ0) is 9.97. The van der Waals surface area contributed by atoms with Crippen LogP contribution in [0.5, 0.6) is 0 Å². The van der Waals surface area contributed by atoms with Crippen LogP contribution in [-0.2, 0) is 0 Å². The molecule has 0 bridgehead atoms. The normalized spacial score (nSPS) is 12.7. The van der Waals surface area contributed by atoms with E-state index in [2.05, 4.69) is 14.6 Å². The van der Waals surface area contributed by atoms with Crippen molar-refractivity contribution in [2.45, 2.75) is 6.10 Å². The van der Waals surface area contributed by atoms with Gasteiger partial charge in [0.15, 0.2) is 0 Å². The van der Waals surface area contributed by atoms with Gasteiger partial charge in [-0.15, -0.1) is 5.10 Å². The Bertz CT molecular complexity index is 420. The average Bonchev–Trinajstić information content (AvgIpc) is 2.70. The molecule has 0 radical (unpaired) electrons. The van der Waals surface area contributed by atoms with Gasteiger partial charge in [0, 0.05) is 17.1 Å². The predicted octanol–water partition coefficient (Wildman–Crippen LogP) is 1.15. The molecule has 1 unspecified atom stereocenters. The Morgan fingerprint density at radius 3 is 3.00 bits per heavy atom. The van der Waals surface area contributed by atoms with E-state index in [9.17, 15) is 9.50 Å². The van der Waals surface area contributed by atoms with Gasteiger partial charge in [-0.1, -0.05) is 4.49 Å². The lowest BCUT2D eigenvalue weighted by atomic mass is 10.1. The molecule has 1 atom stereocenters. The fraction of sp³-hybridized carbons (Fsp3) is 0.125. The van der Waals surface area contributed by atoms with Crippen molar-refractivity contribution in [2.75, 3.05) is 0 Å². The van der Waals surface area contributed by atoms with Crippen LogP contribution in [0.3, 0.4) is 0 Å². The van der Waals surface area contributed by atoms with Crippen LogP contribution in [0.15, 0.2) is 23.8 Å². The number of hydrogen-bond donors (Lipinski definition) is 1. The quantitative estimate of drug-likeness (QED) is 0.809. The molecule has 0 spiro atoms. The van der Waals surface area contributed by atoms with Crippen LogP contribution in [-0.4, -0.2) is 19.7 Å². The summed E-state index contributed by atoms with van der Waals surface area (Å²) in [6, 6.07) is 1.42. The minimum atomic E-state index is -1.07. The molecule has 2 heterocycles. The zero-order valence-electron chi connectivity index (χ0n) is 6.96. The number of nitrogens with zero attached hydrogens (tertiary/aromatic N) is 3. The summed E-state index contributed by atoms with van der Waals surface area (Å²) in [5, 5.41) is 14.9. The lowest BCUT2D eigenvalue weighted by molar-refractivity contribution is 0.209. The molecule has 0 aliphatic carbocycles. The summed E-state index contributed by atoms with van der Waals surface area (Å²) in [6.07, 6.45) is 1.40. The Morgan fingerprint density at radius 1 is 1.50 bits per heavy atom. The molecule has 0 aliphatic heterocycles. The van der Waals surface area contributed by atoms with E-state index in [1.54, 1.807) is 5.38 Å². The maximum absolute atomic E-state index is 13.2. The van der Waals surface area contributed by atoms with Crippen molar-refractivity contribution in [2.24, 2.45) is 0 Å². The van der Waals surface area contributed by atoms with E-state index in [1.165, 1.54) is 12.3 Å². The van der Waals surface area contributed by atoms with Crippen molar-refractivity contribution in [3.63, 3.8) is 0 Å². The molecule has 0 amide bonds. The van der Waals surface area contributed by atoms with Crippen LogP contribution in [0.4, 0.5) is 4.39 Å². The number of halogens is 1. The predicted molar refractivity (Wildman–Crippen MR) is 48.2 cm³/mol. The molecule has 0 aromatic carbocycles. The Labute approximate surface area is 83.2 Å². The Balaban J connectivity index is 2.37. The second-order valence-corrected chi connectivity index (χ2v) is 3.24. The molecule has 0 fully saturated rings. The number of pyridine rings is 1. The van der Waals surface area contributed by atoms with Gasteiger partial charge in [0.1, 0.15) is 17.6 Å². The summed E-state index contributed by atoms with van der Waals surface area (Å²) in [5.41, 5.74) is 0.507. The highest BCUT2D eigenvalue weighted by atomic mass is 32.1. The molecule has 0 saturated heterocycles. The second-order valence-electron chi connectivity index (χ2n) is 2.63. The van der Waals surface area contributed by atoms with Gasteiger partial charge in [-0.3, -0.25) is 4.98 Å². The number of rotatable bonds is 2. The van der Waals surface area contributed by atoms with Gasteiger partial charge >= 0.3 is 0 Å². The first-order valence-electron chi connectivity index (χ1n) is 3.83. The van der Waals surface area contributed by atoms with Gasteiger partial charge in [-0.05, 0) is 17.6 Å². The van der Waals surface area contributed by atoms with E-state index < -0.39 is 11.9 Å². The van der Waals surface area contributed by atoms with Crippen LogP contribution in [0.1, 0.15) is 17.4 Å².